The molecule has 82 valence electrons. The number of nitrogens with zero attached hydrogens (tertiary/aromatic N) is 1. The Kier molecular flexibility index (Phi) is 7.24. The average Bonchev–Trinajstić information content (AvgIpc) is 2.15. The molecule has 0 aliphatic heterocycles. The summed E-state index contributed by atoms with van der Waals surface area (Å²) in [7, 11) is 0. The first-order valence-electron chi connectivity index (χ1n) is 4.37. The molecule has 0 fully saturated rings. The zero-order valence-corrected chi connectivity index (χ0v) is 7.99. The van der Waals surface area contributed by atoms with E-state index in [9.17, 15) is 4.79 Å². The Morgan fingerprint density at radius 1 is 1.29 bits per heavy atom. The molecule has 14 heavy (non-hydrogen) atoms. The third-order valence-corrected chi connectivity index (χ3v) is 1.52. The molecule has 7 nitrogen and oxygen atoms in total. The molecule has 0 saturated heterocycles. The highest BCUT2D eigenvalue weighted by atomic mass is 16.4. The highest BCUT2D eigenvalue weighted by Crippen LogP contribution is 1.85. The van der Waals surface area contributed by atoms with Gasteiger partial charge in [-0.05, 0) is 13.0 Å². The number of rotatable bonds is 7. The van der Waals surface area contributed by atoms with E-state index >= 15 is 0 Å². The number of nitrogens with one attached hydrogen (secondary N) is 2. The lowest BCUT2D eigenvalue weighted by Gasteiger charge is -2.04. The van der Waals surface area contributed by atoms with Gasteiger partial charge >= 0.3 is 6.03 Å². The number of amides is 2. The lowest BCUT2D eigenvalue weighted by Crippen LogP contribution is -2.35. The average molecular weight is 203 g/mol. The van der Waals surface area contributed by atoms with E-state index in [4.69, 9.17) is 16.7 Å². The Morgan fingerprint density at radius 2 is 2.00 bits per heavy atom. The molecule has 7 N–H and O–H groups in total. The molecule has 0 aliphatic carbocycles. The number of hydrogen-bond acceptors (Lipinski definition) is 4. The molecule has 7 heteroatoms. The number of hydrogen-bond donors (Lipinski definition) is 5. The van der Waals surface area contributed by atoms with Gasteiger partial charge in [0, 0.05) is 19.5 Å². The molecule has 0 aromatic carbocycles. The molecule has 0 aliphatic rings. The minimum atomic E-state index is -0.525. The van der Waals surface area contributed by atoms with Crippen molar-refractivity contribution in [3.8, 4) is 0 Å². The van der Waals surface area contributed by atoms with Crippen LogP contribution in [0.3, 0.4) is 0 Å². The highest BCUT2D eigenvalue weighted by Gasteiger charge is 1.93. The topological polar surface area (TPSA) is 126 Å². The van der Waals surface area contributed by atoms with Gasteiger partial charge in [0.1, 0.15) is 5.84 Å². The third kappa shape index (κ3) is 8.60. The predicted molar refractivity (Wildman–Crippen MR) is 53.1 cm³/mol. The minimum Gasteiger partial charge on any atom is -0.409 e. The van der Waals surface area contributed by atoms with Crippen LogP contribution in [0.25, 0.3) is 0 Å². The summed E-state index contributed by atoms with van der Waals surface area (Å²) in [5.74, 6) is 0.224. The Hall–Kier alpha value is -1.50. The van der Waals surface area contributed by atoms with Gasteiger partial charge in [-0.25, -0.2) is 4.79 Å². The van der Waals surface area contributed by atoms with Gasteiger partial charge in [-0.2, -0.15) is 0 Å². The number of amidine groups is 1. The first-order valence-corrected chi connectivity index (χ1v) is 4.37. The number of carbonyl (C=O) groups is 1. The summed E-state index contributed by atoms with van der Waals surface area (Å²) in [5.41, 5.74) is 10.1. The molecular weight excluding hydrogens is 186 g/mol. The molecule has 0 spiro atoms. The number of nitrogens with two attached hydrogens (primary N) is 2. The van der Waals surface area contributed by atoms with E-state index in [0.29, 0.717) is 19.5 Å². The zero-order chi connectivity index (χ0) is 10.8. The van der Waals surface area contributed by atoms with Crippen molar-refractivity contribution in [2.75, 3.05) is 19.6 Å². The number of primary amides is 1. The first kappa shape index (κ1) is 12.5. The maximum atomic E-state index is 10.2. The maximum absolute atomic E-state index is 10.2. The fraction of sp³-hybridized carbons (Fsp3) is 0.714. The summed E-state index contributed by atoms with van der Waals surface area (Å²) in [6.07, 6.45) is 1.33. The monoisotopic (exact) mass is 203 g/mol. The minimum absolute atomic E-state index is 0.224. The molecule has 0 unspecified atom stereocenters. The molecule has 2 amide bonds. The van der Waals surface area contributed by atoms with Crippen LogP contribution in [-0.2, 0) is 0 Å². The summed E-state index contributed by atoms with van der Waals surface area (Å²) in [6, 6.07) is -0.525. The fourth-order valence-corrected chi connectivity index (χ4v) is 0.844. The van der Waals surface area contributed by atoms with Crippen LogP contribution in [0, 0.1) is 0 Å². The van der Waals surface area contributed by atoms with Crippen molar-refractivity contribution in [3.63, 3.8) is 0 Å². The Balaban J connectivity index is 3.10. The van der Waals surface area contributed by atoms with Gasteiger partial charge in [0.25, 0.3) is 0 Å². The van der Waals surface area contributed by atoms with Crippen LogP contribution in [0.5, 0.6) is 0 Å². The lowest BCUT2D eigenvalue weighted by molar-refractivity contribution is 0.249. The number of oxime groups is 1. The van der Waals surface area contributed by atoms with Crippen LogP contribution in [0.4, 0.5) is 4.79 Å². The molecule has 0 radical (unpaired) electrons. The van der Waals surface area contributed by atoms with Crippen LogP contribution in [0.2, 0.25) is 0 Å². The van der Waals surface area contributed by atoms with Crippen LogP contribution in [0.1, 0.15) is 12.8 Å². The van der Waals surface area contributed by atoms with E-state index in [1.165, 1.54) is 0 Å². The van der Waals surface area contributed by atoms with E-state index in [2.05, 4.69) is 15.8 Å². The van der Waals surface area contributed by atoms with Crippen LogP contribution >= 0.6 is 0 Å². The van der Waals surface area contributed by atoms with Crippen molar-refractivity contribution >= 4 is 11.9 Å². The Labute approximate surface area is 82.5 Å². The molecule has 0 saturated carbocycles. The Morgan fingerprint density at radius 3 is 2.57 bits per heavy atom. The van der Waals surface area contributed by atoms with E-state index in [1.807, 2.05) is 0 Å². The maximum Gasteiger partial charge on any atom is 0.312 e. The van der Waals surface area contributed by atoms with Crippen LogP contribution < -0.4 is 22.1 Å². The Bertz CT molecular complexity index is 195. The van der Waals surface area contributed by atoms with Crippen molar-refractivity contribution < 1.29 is 10.0 Å². The standard InChI is InChI=1S/C7H17N5O2/c8-6(12-14)2-1-3-10-4-5-11-7(9)13/h10,14H,1-5H2,(H2,8,12)(H3,9,11,13). The molecular formula is C7H17N5O2. The van der Waals surface area contributed by atoms with Gasteiger partial charge in [-0.15, -0.1) is 0 Å². The van der Waals surface area contributed by atoms with Crippen molar-refractivity contribution in [1.82, 2.24) is 10.6 Å². The van der Waals surface area contributed by atoms with Gasteiger partial charge in [-0.1, -0.05) is 5.16 Å². The van der Waals surface area contributed by atoms with Gasteiger partial charge < -0.3 is 27.3 Å². The van der Waals surface area contributed by atoms with Gasteiger partial charge in [0.2, 0.25) is 0 Å². The largest absolute Gasteiger partial charge is 0.409 e. The van der Waals surface area contributed by atoms with Crippen LogP contribution in [-0.4, -0.2) is 36.7 Å². The normalized spacial score (nSPS) is 11.3. The summed E-state index contributed by atoms with van der Waals surface area (Å²) in [5, 5.41) is 16.6. The molecule has 0 aromatic rings. The number of carbonyl (C=O) groups excluding carboxylic acids is 1. The lowest BCUT2D eigenvalue weighted by atomic mass is 10.3. The van der Waals surface area contributed by atoms with Gasteiger partial charge in [-0.3, -0.25) is 0 Å². The summed E-state index contributed by atoms with van der Waals surface area (Å²) >= 11 is 0. The van der Waals surface area contributed by atoms with Gasteiger partial charge in [0.05, 0.1) is 0 Å². The van der Waals surface area contributed by atoms with E-state index in [0.717, 1.165) is 13.0 Å². The highest BCUT2D eigenvalue weighted by molar-refractivity contribution is 5.79. The summed E-state index contributed by atoms with van der Waals surface area (Å²) in [6.45, 7) is 1.90. The molecule has 0 aromatic heterocycles. The van der Waals surface area contributed by atoms with E-state index in [1.54, 1.807) is 0 Å². The fourth-order valence-electron chi connectivity index (χ4n) is 0.844. The second-order valence-electron chi connectivity index (χ2n) is 2.74. The van der Waals surface area contributed by atoms with E-state index in [-0.39, 0.29) is 5.84 Å². The SMILES string of the molecule is NC(=O)NCCNCCCC(N)=NO. The number of urea groups is 1. The second kappa shape index (κ2) is 8.11. The smallest absolute Gasteiger partial charge is 0.312 e. The van der Waals surface area contributed by atoms with E-state index < -0.39 is 6.03 Å². The molecule has 0 atom stereocenters. The molecule has 0 bridgehead atoms. The zero-order valence-electron chi connectivity index (χ0n) is 7.99. The third-order valence-electron chi connectivity index (χ3n) is 1.52. The molecule has 0 rings (SSSR count). The van der Waals surface area contributed by atoms with Crippen molar-refractivity contribution in [3.05, 3.63) is 0 Å². The predicted octanol–water partition coefficient (Wildman–Crippen LogP) is -1.23. The summed E-state index contributed by atoms with van der Waals surface area (Å²) in [4.78, 5) is 10.2. The van der Waals surface area contributed by atoms with Crippen molar-refractivity contribution in [1.29, 1.82) is 0 Å². The summed E-state index contributed by atoms with van der Waals surface area (Å²) < 4.78 is 0. The van der Waals surface area contributed by atoms with Crippen molar-refractivity contribution in [2.45, 2.75) is 12.8 Å². The second-order valence-corrected chi connectivity index (χ2v) is 2.74. The quantitative estimate of drug-likeness (QED) is 0.117. The molecule has 0 heterocycles. The first-order chi connectivity index (χ1) is 6.66. The van der Waals surface area contributed by atoms with Crippen LogP contribution in [0.15, 0.2) is 5.16 Å². The van der Waals surface area contributed by atoms with Gasteiger partial charge in [0.15, 0.2) is 0 Å². The van der Waals surface area contributed by atoms with Crippen molar-refractivity contribution in [2.24, 2.45) is 16.6 Å².